The third-order valence-corrected chi connectivity index (χ3v) is 4.50. The van der Waals surface area contributed by atoms with Crippen LogP contribution in [-0.2, 0) is 22.6 Å². The number of carbonyl (C=O) groups is 2. The second-order valence-corrected chi connectivity index (χ2v) is 6.44. The number of rotatable bonds is 10. The number of methoxy groups -OCH3 is 1. The zero-order chi connectivity index (χ0) is 20.4. The number of carbonyl (C=O) groups excluding carboxylic acids is 2. The molecule has 1 atom stereocenters. The van der Waals surface area contributed by atoms with Crippen LogP contribution in [-0.4, -0.2) is 48.1 Å². The smallest absolute Gasteiger partial charge is 0.243 e. The first-order valence-corrected chi connectivity index (χ1v) is 9.44. The van der Waals surface area contributed by atoms with Crippen LogP contribution < -0.4 is 10.1 Å². The molecule has 2 aromatic rings. The van der Waals surface area contributed by atoms with Gasteiger partial charge in [-0.2, -0.15) is 0 Å². The van der Waals surface area contributed by atoms with Crippen LogP contribution in [0.3, 0.4) is 0 Å². The molecule has 0 unspecified atom stereocenters. The summed E-state index contributed by atoms with van der Waals surface area (Å²) < 4.78 is 5.18. The Bertz CT molecular complexity index is 747. The second kappa shape index (κ2) is 11.1. The second-order valence-electron chi connectivity index (χ2n) is 6.44. The lowest BCUT2D eigenvalue weighted by Crippen LogP contribution is -2.50. The average Bonchev–Trinajstić information content (AvgIpc) is 2.75. The highest BCUT2D eigenvalue weighted by Crippen LogP contribution is 2.18. The van der Waals surface area contributed by atoms with Gasteiger partial charge in [-0.25, -0.2) is 0 Å². The molecule has 0 bridgehead atoms. The molecule has 0 aromatic heterocycles. The number of nitrogens with one attached hydrogen (secondary N) is 1. The molecular weight excluding hydrogens is 356 g/mol. The third kappa shape index (κ3) is 6.09. The Morgan fingerprint density at radius 3 is 2.32 bits per heavy atom. The van der Waals surface area contributed by atoms with Crippen LogP contribution in [0.1, 0.15) is 24.5 Å². The van der Waals surface area contributed by atoms with Crippen LogP contribution in [0.4, 0.5) is 0 Å². The van der Waals surface area contributed by atoms with Crippen molar-refractivity contribution in [3.8, 4) is 5.75 Å². The number of aliphatic hydroxyl groups is 1. The lowest BCUT2D eigenvalue weighted by atomic mass is 10.0. The van der Waals surface area contributed by atoms with Gasteiger partial charge < -0.3 is 20.1 Å². The molecule has 0 fully saturated rings. The van der Waals surface area contributed by atoms with Crippen molar-refractivity contribution in [1.29, 1.82) is 0 Å². The molecule has 2 amide bonds. The summed E-state index contributed by atoms with van der Waals surface area (Å²) in [7, 11) is 1.60. The van der Waals surface area contributed by atoms with E-state index >= 15 is 0 Å². The van der Waals surface area contributed by atoms with Crippen molar-refractivity contribution >= 4 is 11.8 Å². The number of hydrogen-bond acceptors (Lipinski definition) is 4. The van der Waals surface area contributed by atoms with Gasteiger partial charge in [0.15, 0.2) is 0 Å². The quantitative estimate of drug-likeness (QED) is 0.658. The van der Waals surface area contributed by atoms with E-state index in [9.17, 15) is 9.59 Å². The molecule has 0 saturated carbocycles. The van der Waals surface area contributed by atoms with Gasteiger partial charge in [0.2, 0.25) is 11.8 Å². The Balaban J connectivity index is 2.30. The van der Waals surface area contributed by atoms with E-state index in [2.05, 4.69) is 5.32 Å². The van der Waals surface area contributed by atoms with Gasteiger partial charge in [0.1, 0.15) is 11.8 Å². The number of amides is 2. The molecule has 2 aromatic carbocycles. The topological polar surface area (TPSA) is 78.9 Å². The number of hydrogen-bond donors (Lipinski definition) is 2. The van der Waals surface area contributed by atoms with Crippen LogP contribution in [0, 0.1) is 0 Å². The first-order chi connectivity index (χ1) is 13.6. The summed E-state index contributed by atoms with van der Waals surface area (Å²) in [6, 6.07) is 16.4. The number of nitrogens with zero attached hydrogens (tertiary/aromatic N) is 1. The van der Waals surface area contributed by atoms with E-state index in [1.807, 2.05) is 54.6 Å². The normalized spacial score (nSPS) is 11.5. The van der Waals surface area contributed by atoms with Gasteiger partial charge in [-0.1, -0.05) is 49.4 Å². The van der Waals surface area contributed by atoms with E-state index in [-0.39, 0.29) is 25.0 Å². The molecule has 0 spiro atoms. The molecule has 0 saturated heterocycles. The summed E-state index contributed by atoms with van der Waals surface area (Å²) in [5.74, 6) is 0.364. The molecule has 150 valence electrons. The maximum Gasteiger partial charge on any atom is 0.243 e. The van der Waals surface area contributed by atoms with Crippen molar-refractivity contribution in [2.75, 3.05) is 20.3 Å². The van der Waals surface area contributed by atoms with E-state index in [0.717, 1.165) is 16.9 Å². The molecule has 0 aliphatic heterocycles. The van der Waals surface area contributed by atoms with Crippen molar-refractivity contribution in [1.82, 2.24) is 10.2 Å². The van der Waals surface area contributed by atoms with E-state index in [1.165, 1.54) is 0 Å². The summed E-state index contributed by atoms with van der Waals surface area (Å²) in [5, 5.41) is 11.8. The Labute approximate surface area is 166 Å². The highest BCUT2D eigenvalue weighted by molar-refractivity contribution is 5.87. The van der Waals surface area contributed by atoms with E-state index < -0.39 is 6.04 Å². The monoisotopic (exact) mass is 384 g/mol. The Kier molecular flexibility index (Phi) is 8.49. The number of aliphatic hydroxyl groups excluding tert-OH is 1. The Morgan fingerprint density at radius 2 is 1.75 bits per heavy atom. The average molecular weight is 384 g/mol. The summed E-state index contributed by atoms with van der Waals surface area (Å²) in [6.07, 6.45) is 0.703. The van der Waals surface area contributed by atoms with Gasteiger partial charge in [-0.15, -0.1) is 0 Å². The molecule has 0 aliphatic carbocycles. The maximum absolute atomic E-state index is 12.8. The standard InChI is InChI=1S/C22H28N2O4/c1-3-21(26)24(16-18-9-11-19(28-2)12-10-18)20(22(27)23-13-14-25)15-17-7-5-4-6-8-17/h4-12,20,25H,3,13-16H2,1-2H3,(H,23,27)/t20-/m1/s1. The number of benzene rings is 2. The molecule has 2 N–H and O–H groups in total. The largest absolute Gasteiger partial charge is 0.497 e. The fraction of sp³-hybridized carbons (Fsp3) is 0.364. The Hall–Kier alpha value is -2.86. The molecule has 28 heavy (non-hydrogen) atoms. The zero-order valence-electron chi connectivity index (χ0n) is 16.4. The zero-order valence-corrected chi connectivity index (χ0v) is 16.4. The SMILES string of the molecule is CCC(=O)N(Cc1ccc(OC)cc1)[C@H](Cc1ccccc1)C(=O)NCCO. The predicted molar refractivity (Wildman–Crippen MR) is 108 cm³/mol. The third-order valence-electron chi connectivity index (χ3n) is 4.50. The molecule has 6 nitrogen and oxygen atoms in total. The minimum absolute atomic E-state index is 0.101. The van der Waals surface area contributed by atoms with Gasteiger partial charge in [0, 0.05) is 25.9 Å². The molecular formula is C22H28N2O4. The van der Waals surface area contributed by atoms with Crippen molar-refractivity contribution < 1.29 is 19.4 Å². The lowest BCUT2D eigenvalue weighted by molar-refractivity contribution is -0.141. The van der Waals surface area contributed by atoms with Crippen LogP contribution in [0.5, 0.6) is 5.75 Å². The summed E-state index contributed by atoms with van der Waals surface area (Å²) >= 11 is 0. The molecule has 2 rings (SSSR count). The van der Waals surface area contributed by atoms with Gasteiger partial charge in [-0.05, 0) is 23.3 Å². The van der Waals surface area contributed by atoms with Crippen LogP contribution in [0.25, 0.3) is 0 Å². The van der Waals surface area contributed by atoms with Gasteiger partial charge in [-0.3, -0.25) is 9.59 Å². The minimum atomic E-state index is -0.663. The van der Waals surface area contributed by atoms with Crippen LogP contribution in [0.2, 0.25) is 0 Å². The van der Waals surface area contributed by atoms with E-state index in [4.69, 9.17) is 9.84 Å². The van der Waals surface area contributed by atoms with Gasteiger partial charge in [0.05, 0.1) is 13.7 Å². The molecule has 0 radical (unpaired) electrons. The summed E-state index contributed by atoms with van der Waals surface area (Å²) in [4.78, 5) is 27.2. The maximum atomic E-state index is 12.8. The molecule has 0 heterocycles. The predicted octanol–water partition coefficient (Wildman–Crippen LogP) is 2.15. The van der Waals surface area contributed by atoms with Crippen molar-refractivity contribution in [2.45, 2.75) is 32.4 Å². The molecule has 6 heteroatoms. The fourth-order valence-corrected chi connectivity index (χ4v) is 2.98. The first-order valence-electron chi connectivity index (χ1n) is 9.44. The summed E-state index contributed by atoms with van der Waals surface area (Å²) in [5.41, 5.74) is 1.88. The lowest BCUT2D eigenvalue weighted by Gasteiger charge is -2.31. The van der Waals surface area contributed by atoms with Crippen LogP contribution >= 0.6 is 0 Å². The van der Waals surface area contributed by atoms with E-state index in [0.29, 0.717) is 19.4 Å². The van der Waals surface area contributed by atoms with E-state index in [1.54, 1.807) is 18.9 Å². The van der Waals surface area contributed by atoms with Crippen LogP contribution in [0.15, 0.2) is 54.6 Å². The van der Waals surface area contributed by atoms with Crippen molar-refractivity contribution in [3.05, 3.63) is 65.7 Å². The van der Waals surface area contributed by atoms with Crippen molar-refractivity contribution in [3.63, 3.8) is 0 Å². The molecule has 0 aliphatic rings. The van der Waals surface area contributed by atoms with Gasteiger partial charge in [0.25, 0.3) is 0 Å². The van der Waals surface area contributed by atoms with Gasteiger partial charge >= 0.3 is 0 Å². The number of ether oxygens (including phenoxy) is 1. The minimum Gasteiger partial charge on any atom is -0.497 e. The summed E-state index contributed by atoms with van der Waals surface area (Å²) in [6.45, 7) is 2.11. The highest BCUT2D eigenvalue weighted by Gasteiger charge is 2.29. The Morgan fingerprint density at radius 1 is 1.07 bits per heavy atom. The highest BCUT2D eigenvalue weighted by atomic mass is 16.5. The first kappa shape index (κ1) is 21.4. The fourth-order valence-electron chi connectivity index (χ4n) is 2.98. The van der Waals surface area contributed by atoms with Crippen molar-refractivity contribution in [2.24, 2.45) is 0 Å².